The number of fused-ring (bicyclic) bond motifs is 4. The van der Waals surface area contributed by atoms with Crippen molar-refractivity contribution in [2.75, 3.05) is 13.1 Å². The molecule has 0 unspecified atom stereocenters. The monoisotopic (exact) mass is 357 g/mol. The first-order valence-corrected chi connectivity index (χ1v) is 7.66. The zero-order valence-corrected chi connectivity index (χ0v) is 12.4. The number of carbonyl (C=O) groups is 1. The van der Waals surface area contributed by atoms with Gasteiger partial charge in [0.15, 0.2) is 0 Å². The number of nitrogens with zero attached hydrogens (tertiary/aromatic N) is 1. The summed E-state index contributed by atoms with van der Waals surface area (Å²) in [4.78, 5) is 15.1. The lowest BCUT2D eigenvalue weighted by Gasteiger charge is -2.32. The molecule has 1 aromatic carbocycles. The first-order chi connectivity index (χ1) is 8.16. The largest absolute Gasteiger partial charge is 0.337 e. The van der Waals surface area contributed by atoms with Gasteiger partial charge in [-0.05, 0) is 18.1 Å². The number of benzene rings is 1. The maximum Gasteiger partial charge on any atom is 0.254 e. The highest BCUT2D eigenvalue weighted by atomic mass is 79.9. The molecule has 90 valence electrons. The summed E-state index contributed by atoms with van der Waals surface area (Å²) >= 11 is 7.40. The quantitative estimate of drug-likeness (QED) is 0.652. The van der Waals surface area contributed by atoms with Gasteiger partial charge in [-0.2, -0.15) is 0 Å². The van der Waals surface area contributed by atoms with Crippen LogP contribution in [0.5, 0.6) is 0 Å². The molecule has 2 aliphatic rings. The van der Waals surface area contributed by atoms with Gasteiger partial charge >= 0.3 is 0 Å². The number of alkyl halides is 2. The van der Waals surface area contributed by atoms with Gasteiger partial charge in [-0.15, -0.1) is 0 Å². The molecule has 1 fully saturated rings. The second kappa shape index (κ2) is 4.39. The highest BCUT2D eigenvalue weighted by molar-refractivity contribution is 9.12. The van der Waals surface area contributed by atoms with Crippen molar-refractivity contribution in [2.45, 2.75) is 22.0 Å². The van der Waals surface area contributed by atoms with Crippen LogP contribution in [-0.2, 0) is 0 Å². The second-order valence-electron chi connectivity index (χ2n) is 4.76. The number of hydrogen-bond acceptors (Lipinski definition) is 1. The van der Waals surface area contributed by atoms with Crippen LogP contribution in [0.1, 0.15) is 28.3 Å². The molecule has 17 heavy (non-hydrogen) atoms. The van der Waals surface area contributed by atoms with Gasteiger partial charge in [0.1, 0.15) is 0 Å². The molecular weight excluding hydrogens is 346 g/mol. The predicted octanol–water partition coefficient (Wildman–Crippen LogP) is 3.16. The van der Waals surface area contributed by atoms with E-state index in [0.29, 0.717) is 15.6 Å². The molecule has 1 saturated heterocycles. The van der Waals surface area contributed by atoms with Crippen molar-refractivity contribution in [1.82, 2.24) is 4.90 Å². The van der Waals surface area contributed by atoms with Gasteiger partial charge < -0.3 is 4.90 Å². The van der Waals surface area contributed by atoms with Crippen LogP contribution in [0.3, 0.4) is 0 Å². The Morgan fingerprint density at radius 3 is 2.71 bits per heavy atom. The number of hydrogen-bond donors (Lipinski definition) is 0. The Kier molecular flexibility index (Phi) is 3.03. The molecule has 2 nitrogen and oxygen atoms in total. The van der Waals surface area contributed by atoms with E-state index in [-0.39, 0.29) is 5.91 Å². The van der Waals surface area contributed by atoms with Crippen molar-refractivity contribution in [3.8, 4) is 0 Å². The lowest BCUT2D eigenvalue weighted by Crippen LogP contribution is -2.40. The van der Waals surface area contributed by atoms with E-state index < -0.39 is 0 Å². The molecule has 3 rings (SSSR count). The van der Waals surface area contributed by atoms with Crippen molar-refractivity contribution < 1.29 is 4.79 Å². The Morgan fingerprint density at radius 2 is 1.88 bits per heavy atom. The van der Waals surface area contributed by atoms with Crippen LogP contribution >= 0.6 is 31.9 Å². The van der Waals surface area contributed by atoms with Crippen LogP contribution < -0.4 is 0 Å². The highest BCUT2D eigenvalue weighted by Crippen LogP contribution is 2.38. The fraction of sp³-hybridized carbons (Fsp3) is 0.462. The molecule has 0 radical (unpaired) electrons. The normalized spacial score (nSPS) is 32.0. The van der Waals surface area contributed by atoms with Gasteiger partial charge in [0, 0.05) is 34.2 Å². The van der Waals surface area contributed by atoms with Crippen LogP contribution in [0.2, 0.25) is 0 Å². The van der Waals surface area contributed by atoms with Gasteiger partial charge in [0.25, 0.3) is 5.91 Å². The molecule has 0 aliphatic carbocycles. The molecule has 2 heterocycles. The number of carbonyl (C=O) groups excluding carboxylic acids is 1. The first-order valence-electron chi connectivity index (χ1n) is 5.83. The standard InChI is InChI=1S/C13H13Br2NO/c14-11-5-8-6-16(7-12(11)15)13(17)10-4-2-1-3-9(8)10/h1-4,8,11-12H,5-7H2/t8-,11-,12-/m1/s1. The summed E-state index contributed by atoms with van der Waals surface area (Å²) in [5.74, 6) is 0.652. The third-order valence-corrected chi connectivity index (χ3v) is 6.31. The van der Waals surface area contributed by atoms with Crippen molar-refractivity contribution in [3.63, 3.8) is 0 Å². The average Bonchev–Trinajstić information content (AvgIpc) is 2.46. The molecule has 0 saturated carbocycles. The van der Waals surface area contributed by atoms with Crippen molar-refractivity contribution in [1.29, 1.82) is 0 Å². The molecule has 1 aromatic rings. The molecule has 0 N–H and O–H groups in total. The first kappa shape index (κ1) is 11.7. The van der Waals surface area contributed by atoms with Crippen molar-refractivity contribution in [3.05, 3.63) is 35.4 Å². The number of halogens is 2. The Morgan fingerprint density at radius 1 is 1.12 bits per heavy atom. The fourth-order valence-corrected chi connectivity index (χ4v) is 3.95. The molecule has 4 heteroatoms. The minimum atomic E-state index is 0.183. The van der Waals surface area contributed by atoms with Crippen LogP contribution in [0, 0.1) is 0 Å². The highest BCUT2D eigenvalue weighted by Gasteiger charge is 2.37. The van der Waals surface area contributed by atoms with E-state index in [0.717, 1.165) is 25.1 Å². The van der Waals surface area contributed by atoms with E-state index in [9.17, 15) is 4.79 Å². The Bertz CT molecular complexity index is 462. The van der Waals surface area contributed by atoms with Crippen LogP contribution in [0.4, 0.5) is 0 Å². The summed E-state index contributed by atoms with van der Waals surface area (Å²) in [5, 5.41) is 0. The van der Waals surface area contributed by atoms with E-state index in [1.54, 1.807) is 0 Å². The van der Waals surface area contributed by atoms with Gasteiger partial charge in [-0.3, -0.25) is 4.79 Å². The summed E-state index contributed by atoms with van der Waals surface area (Å²) in [5.41, 5.74) is 2.12. The zero-order valence-electron chi connectivity index (χ0n) is 9.27. The maximum atomic E-state index is 12.3. The Balaban J connectivity index is 2.07. The Labute approximate surface area is 118 Å². The minimum Gasteiger partial charge on any atom is -0.337 e. The van der Waals surface area contributed by atoms with E-state index in [1.165, 1.54) is 5.56 Å². The lowest BCUT2D eigenvalue weighted by molar-refractivity contribution is 0.0736. The van der Waals surface area contributed by atoms with Crippen molar-refractivity contribution in [2.24, 2.45) is 0 Å². The lowest BCUT2D eigenvalue weighted by atomic mass is 9.87. The van der Waals surface area contributed by atoms with Gasteiger partial charge in [-0.25, -0.2) is 0 Å². The smallest absolute Gasteiger partial charge is 0.254 e. The van der Waals surface area contributed by atoms with Gasteiger partial charge in [-0.1, -0.05) is 50.1 Å². The Hall–Kier alpha value is -0.350. The van der Waals surface area contributed by atoms with Gasteiger partial charge in [0.2, 0.25) is 0 Å². The third kappa shape index (κ3) is 1.95. The minimum absolute atomic E-state index is 0.183. The predicted molar refractivity (Wildman–Crippen MR) is 75.1 cm³/mol. The summed E-state index contributed by atoms with van der Waals surface area (Å²) in [6, 6.07) is 8.03. The molecule has 0 spiro atoms. The molecule has 3 atom stereocenters. The number of amides is 1. The van der Waals surface area contributed by atoms with Crippen LogP contribution in [0.15, 0.2) is 24.3 Å². The summed E-state index contributed by atoms with van der Waals surface area (Å²) in [6.07, 6.45) is 1.08. The van der Waals surface area contributed by atoms with E-state index >= 15 is 0 Å². The second-order valence-corrected chi connectivity index (χ2v) is 7.11. The SMILES string of the molecule is O=C1c2ccccc2[C@@H]2C[C@@H](Br)[C@H](Br)CN1C2. The average molecular weight is 359 g/mol. The zero-order chi connectivity index (χ0) is 12.0. The topological polar surface area (TPSA) is 20.3 Å². The molecule has 0 aromatic heterocycles. The van der Waals surface area contributed by atoms with Crippen molar-refractivity contribution >= 4 is 37.8 Å². The number of rotatable bonds is 0. The third-order valence-electron chi connectivity index (χ3n) is 3.66. The van der Waals surface area contributed by atoms with E-state index in [2.05, 4.69) is 37.9 Å². The molecule has 1 amide bonds. The molecule has 2 aliphatic heterocycles. The van der Waals surface area contributed by atoms with Gasteiger partial charge in [0.05, 0.1) is 0 Å². The summed E-state index contributed by atoms with van der Waals surface area (Å²) in [6.45, 7) is 1.65. The van der Waals surface area contributed by atoms with Crippen LogP contribution in [0.25, 0.3) is 0 Å². The van der Waals surface area contributed by atoms with E-state index in [1.807, 2.05) is 23.1 Å². The molecule has 2 bridgehead atoms. The summed E-state index contributed by atoms with van der Waals surface area (Å²) < 4.78 is 0. The van der Waals surface area contributed by atoms with E-state index in [4.69, 9.17) is 0 Å². The fourth-order valence-electron chi connectivity index (χ4n) is 2.77. The van der Waals surface area contributed by atoms with Crippen LogP contribution in [-0.4, -0.2) is 33.6 Å². The summed E-state index contributed by atoms with van der Waals surface area (Å²) in [7, 11) is 0. The maximum absolute atomic E-state index is 12.3. The molecular formula is C13H13Br2NO.